The molecule has 0 unspecified atom stereocenters. The molecule has 3 aromatic rings. The van der Waals surface area contributed by atoms with E-state index >= 15 is 0 Å². The van der Waals surface area contributed by atoms with Crippen molar-refractivity contribution in [1.29, 1.82) is 0 Å². The fourth-order valence-electron chi connectivity index (χ4n) is 3.13. The summed E-state index contributed by atoms with van der Waals surface area (Å²) in [6.45, 7) is 0.197. The predicted molar refractivity (Wildman–Crippen MR) is 133 cm³/mol. The Labute approximate surface area is 212 Å². The molecule has 0 aliphatic carbocycles. The Morgan fingerprint density at radius 3 is 2.55 bits per heavy atom. The van der Waals surface area contributed by atoms with Crippen molar-refractivity contribution in [1.82, 2.24) is 4.90 Å². The Balaban J connectivity index is 1.57. The molecule has 1 saturated heterocycles. The number of halogens is 4. The maximum atomic E-state index is 13.3. The van der Waals surface area contributed by atoms with Crippen molar-refractivity contribution in [2.75, 3.05) is 0 Å². The molecule has 2 amide bonds. The highest BCUT2D eigenvalue weighted by atomic mass is 79.9. The quantitative estimate of drug-likeness (QED) is 0.287. The first-order chi connectivity index (χ1) is 15.8. The van der Waals surface area contributed by atoms with Gasteiger partial charge < -0.3 is 4.74 Å². The molecule has 1 aliphatic rings. The number of rotatable bonds is 6. The van der Waals surface area contributed by atoms with Crippen LogP contribution in [0.25, 0.3) is 6.08 Å². The molecular weight excluding hydrogens is 552 g/mol. The van der Waals surface area contributed by atoms with E-state index in [4.69, 9.17) is 27.9 Å². The number of ether oxygens (including phenoxy) is 1. The SMILES string of the molecule is O=C1S/C(=C/c2cc(Br)ccc2OCc2ccccc2Cl)C(=O)N1Cc1ccc(F)cc1Cl. The number of carbonyl (C=O) groups excluding carboxylic acids is 2. The topological polar surface area (TPSA) is 46.6 Å². The van der Waals surface area contributed by atoms with Gasteiger partial charge in [0.1, 0.15) is 18.2 Å². The van der Waals surface area contributed by atoms with Crippen molar-refractivity contribution in [3.8, 4) is 5.75 Å². The summed E-state index contributed by atoms with van der Waals surface area (Å²) in [7, 11) is 0. The summed E-state index contributed by atoms with van der Waals surface area (Å²) in [4.78, 5) is 26.8. The van der Waals surface area contributed by atoms with Gasteiger partial charge in [-0.05, 0) is 59.8 Å². The number of thioether (sulfide) groups is 1. The van der Waals surface area contributed by atoms with Crippen molar-refractivity contribution in [3.63, 3.8) is 0 Å². The first-order valence-corrected chi connectivity index (χ1v) is 12.0. The molecule has 0 saturated carbocycles. The third-order valence-corrected chi connectivity index (χ3v) is 6.94. The van der Waals surface area contributed by atoms with Gasteiger partial charge in [-0.1, -0.05) is 63.4 Å². The lowest BCUT2D eigenvalue weighted by atomic mass is 10.1. The van der Waals surface area contributed by atoms with Crippen molar-refractivity contribution in [3.05, 3.63) is 103 Å². The van der Waals surface area contributed by atoms with E-state index in [-0.39, 0.29) is 23.1 Å². The minimum absolute atomic E-state index is 0.0462. The van der Waals surface area contributed by atoms with Crippen LogP contribution in [0, 0.1) is 5.82 Å². The zero-order valence-corrected chi connectivity index (χ0v) is 20.8. The molecule has 0 spiro atoms. The van der Waals surface area contributed by atoms with Crippen LogP contribution >= 0.6 is 50.9 Å². The maximum absolute atomic E-state index is 13.3. The van der Waals surface area contributed by atoms with Gasteiger partial charge in [-0.3, -0.25) is 14.5 Å². The predicted octanol–water partition coefficient (Wildman–Crippen LogP) is 7.71. The second-order valence-corrected chi connectivity index (χ2v) is 9.79. The smallest absolute Gasteiger partial charge is 0.293 e. The van der Waals surface area contributed by atoms with Crippen LogP contribution in [0.2, 0.25) is 10.0 Å². The molecule has 1 aliphatic heterocycles. The normalized spacial score (nSPS) is 14.9. The number of hydrogen-bond donors (Lipinski definition) is 0. The first kappa shape index (κ1) is 23.8. The molecule has 3 aromatic carbocycles. The third kappa shape index (κ3) is 5.61. The molecule has 168 valence electrons. The number of imide groups is 1. The largest absolute Gasteiger partial charge is 0.488 e. The number of benzene rings is 3. The highest BCUT2D eigenvalue weighted by Crippen LogP contribution is 2.36. The lowest BCUT2D eigenvalue weighted by Gasteiger charge is -2.14. The van der Waals surface area contributed by atoms with Gasteiger partial charge in [-0.2, -0.15) is 0 Å². The van der Waals surface area contributed by atoms with Crippen LogP contribution < -0.4 is 4.74 Å². The second kappa shape index (κ2) is 10.3. The number of nitrogens with zero attached hydrogens (tertiary/aromatic N) is 1. The average Bonchev–Trinajstić information content (AvgIpc) is 3.03. The lowest BCUT2D eigenvalue weighted by Crippen LogP contribution is -2.27. The van der Waals surface area contributed by atoms with Crippen LogP contribution in [0.15, 0.2) is 70.0 Å². The molecule has 1 heterocycles. The van der Waals surface area contributed by atoms with Crippen molar-refractivity contribution in [2.24, 2.45) is 0 Å². The molecular formula is C24H15BrCl2FNO3S. The van der Waals surface area contributed by atoms with Gasteiger partial charge >= 0.3 is 0 Å². The van der Waals surface area contributed by atoms with E-state index in [9.17, 15) is 14.0 Å². The van der Waals surface area contributed by atoms with Gasteiger partial charge in [0.15, 0.2) is 0 Å². The summed E-state index contributed by atoms with van der Waals surface area (Å²) in [5.41, 5.74) is 1.93. The van der Waals surface area contributed by atoms with Gasteiger partial charge in [0.25, 0.3) is 11.1 Å². The van der Waals surface area contributed by atoms with E-state index in [0.717, 1.165) is 32.8 Å². The minimum atomic E-state index is -0.489. The maximum Gasteiger partial charge on any atom is 0.293 e. The van der Waals surface area contributed by atoms with Gasteiger partial charge in [-0.15, -0.1) is 0 Å². The number of hydrogen-bond acceptors (Lipinski definition) is 4. The Morgan fingerprint density at radius 1 is 1.00 bits per heavy atom. The van der Waals surface area contributed by atoms with E-state index < -0.39 is 17.0 Å². The fraction of sp³-hybridized carbons (Fsp3) is 0.0833. The summed E-state index contributed by atoms with van der Waals surface area (Å²) < 4.78 is 20.1. The highest BCUT2D eigenvalue weighted by molar-refractivity contribution is 9.10. The summed E-state index contributed by atoms with van der Waals surface area (Å²) in [5, 5.41) is 0.317. The van der Waals surface area contributed by atoms with E-state index in [1.807, 2.05) is 24.3 Å². The molecule has 0 radical (unpaired) electrons. The van der Waals surface area contributed by atoms with Gasteiger partial charge in [0.05, 0.1) is 11.4 Å². The Kier molecular flexibility index (Phi) is 7.44. The molecule has 9 heteroatoms. The summed E-state index contributed by atoms with van der Waals surface area (Å²) in [6, 6.07) is 16.6. The summed E-state index contributed by atoms with van der Waals surface area (Å²) >= 11 is 16.5. The third-order valence-electron chi connectivity index (χ3n) is 4.82. The average molecular weight is 567 g/mol. The molecule has 33 heavy (non-hydrogen) atoms. The van der Waals surface area contributed by atoms with Gasteiger partial charge in [0.2, 0.25) is 0 Å². The Bertz CT molecular complexity index is 1280. The number of carbonyl (C=O) groups is 2. The number of amides is 2. The fourth-order valence-corrected chi connectivity index (χ4v) is 4.76. The van der Waals surface area contributed by atoms with Crippen LogP contribution in [0.3, 0.4) is 0 Å². The molecule has 1 fully saturated rings. The van der Waals surface area contributed by atoms with Crippen molar-refractivity contribution < 1.29 is 18.7 Å². The Hall–Kier alpha value is -2.32. The van der Waals surface area contributed by atoms with E-state index in [0.29, 0.717) is 21.9 Å². The summed E-state index contributed by atoms with van der Waals surface area (Å²) in [6.07, 6.45) is 1.61. The lowest BCUT2D eigenvalue weighted by molar-refractivity contribution is -0.123. The van der Waals surface area contributed by atoms with Gasteiger partial charge in [-0.25, -0.2) is 4.39 Å². The van der Waals surface area contributed by atoms with E-state index in [1.54, 1.807) is 24.3 Å². The van der Waals surface area contributed by atoms with Crippen LogP contribution in [0.4, 0.5) is 9.18 Å². The van der Waals surface area contributed by atoms with Gasteiger partial charge in [0, 0.05) is 25.6 Å². The Morgan fingerprint density at radius 2 is 1.79 bits per heavy atom. The second-order valence-electron chi connectivity index (χ2n) is 7.07. The van der Waals surface area contributed by atoms with Crippen molar-refractivity contribution in [2.45, 2.75) is 13.2 Å². The van der Waals surface area contributed by atoms with E-state index in [1.165, 1.54) is 12.1 Å². The van der Waals surface area contributed by atoms with Crippen LogP contribution in [0.5, 0.6) is 5.75 Å². The molecule has 0 N–H and O–H groups in total. The van der Waals surface area contributed by atoms with Crippen LogP contribution in [-0.2, 0) is 17.9 Å². The molecule has 4 nitrogen and oxygen atoms in total. The van der Waals surface area contributed by atoms with Crippen LogP contribution in [0.1, 0.15) is 16.7 Å². The minimum Gasteiger partial charge on any atom is -0.488 e. The van der Waals surface area contributed by atoms with Crippen molar-refractivity contribution >= 4 is 68.1 Å². The molecule has 0 bridgehead atoms. The standard InChI is InChI=1S/C24H15BrCl2FNO3S/c25-17-6-8-21(32-13-15-3-1-2-4-19(15)26)16(9-17)10-22-23(30)29(24(31)33-22)12-14-5-7-18(28)11-20(14)27/h1-11H,12-13H2/b22-10+. The molecule has 0 atom stereocenters. The van der Waals surface area contributed by atoms with Crippen LogP contribution in [-0.4, -0.2) is 16.0 Å². The zero-order valence-electron chi connectivity index (χ0n) is 16.9. The summed E-state index contributed by atoms with van der Waals surface area (Å²) in [5.74, 6) is -0.411. The highest BCUT2D eigenvalue weighted by Gasteiger charge is 2.35. The monoisotopic (exact) mass is 565 g/mol. The first-order valence-electron chi connectivity index (χ1n) is 9.67. The zero-order chi connectivity index (χ0) is 23.5. The molecule has 0 aromatic heterocycles. The molecule has 4 rings (SSSR count). The van der Waals surface area contributed by atoms with E-state index in [2.05, 4.69) is 15.9 Å².